The lowest BCUT2D eigenvalue weighted by Crippen LogP contribution is -2.01. The summed E-state index contributed by atoms with van der Waals surface area (Å²) in [5.41, 5.74) is 9.80. The molecule has 0 saturated carbocycles. The average Bonchev–Trinajstić information content (AvgIpc) is 3.84. The van der Waals surface area contributed by atoms with Crippen LogP contribution in [0.25, 0.3) is 121 Å². The fraction of sp³-hybridized carbons (Fsp3) is 0. The second kappa shape index (κ2) is 13.6. The molecule has 13 aromatic rings. The van der Waals surface area contributed by atoms with Gasteiger partial charge in [-0.15, -0.1) is 0 Å². The van der Waals surface area contributed by atoms with E-state index >= 15 is 0 Å². The lowest BCUT2D eigenvalue weighted by molar-refractivity contribution is 1.08. The van der Waals surface area contributed by atoms with E-state index in [1.54, 1.807) is 0 Å². The van der Waals surface area contributed by atoms with Crippen LogP contribution in [0, 0.1) is 0 Å². The van der Waals surface area contributed by atoms with E-state index in [2.05, 4.69) is 161 Å². The van der Waals surface area contributed by atoms with Crippen molar-refractivity contribution in [2.24, 2.45) is 0 Å². The van der Waals surface area contributed by atoms with Gasteiger partial charge >= 0.3 is 0 Å². The molecule has 0 aliphatic rings. The van der Waals surface area contributed by atoms with Crippen molar-refractivity contribution in [3.8, 4) is 45.5 Å². The summed E-state index contributed by atoms with van der Waals surface area (Å²) < 4.78 is 4.83. The summed E-state index contributed by atoms with van der Waals surface area (Å²) in [4.78, 5) is 15.2. The smallest absolute Gasteiger partial charge is 0.164 e. The highest BCUT2D eigenvalue weighted by molar-refractivity contribution is 6.16. The average molecular weight is 790 g/mol. The molecule has 3 heterocycles. The van der Waals surface area contributed by atoms with Crippen molar-refractivity contribution in [2.75, 3.05) is 0 Å². The van der Waals surface area contributed by atoms with E-state index in [9.17, 15) is 0 Å². The Morgan fingerprint density at radius 3 is 1.35 bits per heavy atom. The van der Waals surface area contributed by atoms with Crippen LogP contribution >= 0.6 is 0 Å². The second-order valence-electron chi connectivity index (χ2n) is 16.1. The van der Waals surface area contributed by atoms with Crippen LogP contribution in [0.5, 0.6) is 0 Å². The predicted octanol–water partition coefficient (Wildman–Crippen LogP) is 14.5. The quantitative estimate of drug-likeness (QED) is 0.174. The van der Waals surface area contributed by atoms with E-state index in [0.717, 1.165) is 49.9 Å². The highest BCUT2D eigenvalue weighted by Crippen LogP contribution is 2.40. The van der Waals surface area contributed by atoms with Crippen LogP contribution in [0.3, 0.4) is 0 Å². The van der Waals surface area contributed by atoms with Crippen LogP contribution < -0.4 is 0 Å². The van der Waals surface area contributed by atoms with Crippen molar-refractivity contribution < 1.29 is 0 Å². The Labute approximate surface area is 356 Å². The van der Waals surface area contributed by atoms with Crippen LogP contribution in [0.15, 0.2) is 212 Å². The highest BCUT2D eigenvalue weighted by atomic mass is 15.0. The van der Waals surface area contributed by atoms with Crippen LogP contribution in [-0.2, 0) is 0 Å². The van der Waals surface area contributed by atoms with E-state index in [0.29, 0.717) is 17.5 Å². The molecule has 5 heteroatoms. The molecule has 0 unspecified atom stereocenters. The van der Waals surface area contributed by atoms with Gasteiger partial charge in [0.05, 0.1) is 22.1 Å². The number of nitrogens with zero attached hydrogens (tertiary/aromatic N) is 5. The molecule has 0 N–H and O–H groups in total. The lowest BCUT2D eigenvalue weighted by atomic mass is 10.0. The monoisotopic (exact) mass is 789 g/mol. The minimum atomic E-state index is 0.640. The molecule has 62 heavy (non-hydrogen) atoms. The van der Waals surface area contributed by atoms with Crippen molar-refractivity contribution in [1.29, 1.82) is 0 Å². The summed E-state index contributed by atoms with van der Waals surface area (Å²) in [5, 5.41) is 12.0. The fourth-order valence-electron chi connectivity index (χ4n) is 9.57. The van der Waals surface area contributed by atoms with Crippen molar-refractivity contribution in [3.05, 3.63) is 212 Å². The number of rotatable bonds is 5. The molecular formula is C57H35N5. The summed E-state index contributed by atoms with van der Waals surface area (Å²) in [6.07, 6.45) is 0. The number of para-hydroxylation sites is 2. The molecule has 0 radical (unpaired) electrons. The molecule has 0 spiro atoms. The predicted molar refractivity (Wildman–Crippen MR) is 257 cm³/mol. The van der Waals surface area contributed by atoms with Crippen molar-refractivity contribution >= 4 is 75.9 Å². The van der Waals surface area contributed by atoms with Crippen LogP contribution in [0.4, 0.5) is 0 Å². The summed E-state index contributed by atoms with van der Waals surface area (Å²) in [5.74, 6) is 1.93. The van der Waals surface area contributed by atoms with Gasteiger partial charge in [0.2, 0.25) is 0 Å². The van der Waals surface area contributed by atoms with Crippen molar-refractivity contribution in [3.63, 3.8) is 0 Å². The largest absolute Gasteiger partial charge is 0.309 e. The highest BCUT2D eigenvalue weighted by Gasteiger charge is 2.19. The first-order chi connectivity index (χ1) is 30.7. The molecule has 10 aromatic carbocycles. The molecule has 5 nitrogen and oxygen atoms in total. The zero-order chi connectivity index (χ0) is 40.7. The van der Waals surface area contributed by atoms with Gasteiger partial charge in [0, 0.05) is 49.6 Å². The number of hydrogen-bond acceptors (Lipinski definition) is 3. The van der Waals surface area contributed by atoms with Gasteiger partial charge in [0.1, 0.15) is 0 Å². The number of hydrogen-bond donors (Lipinski definition) is 0. The molecule has 13 rings (SSSR count). The topological polar surface area (TPSA) is 48.5 Å². The van der Waals surface area contributed by atoms with Gasteiger partial charge in [-0.2, -0.15) is 0 Å². The van der Waals surface area contributed by atoms with Gasteiger partial charge < -0.3 is 9.13 Å². The maximum atomic E-state index is 5.12. The zero-order valence-corrected chi connectivity index (χ0v) is 33.4. The standard InChI is InChI=1S/C57H35N5/c1-3-14-37(15-4-1)55-58-56(38-16-5-2-6-17-38)60-57(59-55)47-23-13-20-36-26-28-44(35-48(36)47)62-52-25-12-10-22-46(52)50-32-42-30-43(29-27-41(42)34-54(50)62)61-51-24-11-9-21-45(51)49-31-39-18-7-8-19-40(39)33-53(49)61/h1-35H. The number of benzene rings is 10. The van der Waals surface area contributed by atoms with Crippen LogP contribution in [0.2, 0.25) is 0 Å². The van der Waals surface area contributed by atoms with Gasteiger partial charge in [-0.1, -0.05) is 152 Å². The summed E-state index contributed by atoms with van der Waals surface area (Å²) in [7, 11) is 0. The Morgan fingerprint density at radius 1 is 0.258 bits per heavy atom. The molecule has 0 bridgehead atoms. The third-order valence-electron chi connectivity index (χ3n) is 12.5. The van der Waals surface area contributed by atoms with Gasteiger partial charge in [0.25, 0.3) is 0 Å². The van der Waals surface area contributed by atoms with E-state index in [4.69, 9.17) is 15.0 Å². The summed E-state index contributed by atoms with van der Waals surface area (Å²) in [6, 6.07) is 75.9. The van der Waals surface area contributed by atoms with E-state index in [1.165, 1.54) is 54.1 Å². The minimum absolute atomic E-state index is 0.640. The first kappa shape index (κ1) is 34.5. The molecule has 0 saturated heterocycles. The van der Waals surface area contributed by atoms with Crippen LogP contribution in [-0.4, -0.2) is 24.1 Å². The first-order valence-electron chi connectivity index (χ1n) is 21.0. The maximum absolute atomic E-state index is 5.12. The Kier molecular flexibility index (Phi) is 7.54. The number of aromatic nitrogens is 5. The lowest BCUT2D eigenvalue weighted by Gasteiger charge is -2.13. The minimum Gasteiger partial charge on any atom is -0.309 e. The molecule has 0 aliphatic carbocycles. The Balaban J connectivity index is 0.995. The van der Waals surface area contributed by atoms with Gasteiger partial charge in [0.15, 0.2) is 17.5 Å². The molecule has 0 aliphatic heterocycles. The second-order valence-corrected chi connectivity index (χ2v) is 16.1. The van der Waals surface area contributed by atoms with E-state index < -0.39 is 0 Å². The zero-order valence-electron chi connectivity index (χ0n) is 33.4. The summed E-state index contributed by atoms with van der Waals surface area (Å²) >= 11 is 0. The normalized spacial score (nSPS) is 11.9. The third kappa shape index (κ3) is 5.38. The van der Waals surface area contributed by atoms with Gasteiger partial charge in [-0.05, 0) is 93.0 Å². The van der Waals surface area contributed by atoms with E-state index in [1.807, 2.05) is 60.7 Å². The summed E-state index contributed by atoms with van der Waals surface area (Å²) in [6.45, 7) is 0. The van der Waals surface area contributed by atoms with Gasteiger partial charge in [-0.3, -0.25) is 0 Å². The Morgan fingerprint density at radius 2 is 0.726 bits per heavy atom. The first-order valence-corrected chi connectivity index (χ1v) is 21.0. The SMILES string of the molecule is c1ccc(-c2nc(-c3ccccc3)nc(-c3cccc4ccc(-n5c6ccccc6c6cc7cc(-n8c9ccccc9c9cc%10ccccc%10cc98)ccc7cc65)cc34)n2)cc1. The van der Waals surface area contributed by atoms with E-state index in [-0.39, 0.29) is 0 Å². The molecular weight excluding hydrogens is 755 g/mol. The fourth-order valence-corrected chi connectivity index (χ4v) is 9.57. The molecule has 0 atom stereocenters. The molecule has 0 amide bonds. The maximum Gasteiger partial charge on any atom is 0.164 e. The van der Waals surface area contributed by atoms with Crippen LogP contribution in [0.1, 0.15) is 0 Å². The third-order valence-corrected chi connectivity index (χ3v) is 12.5. The molecule has 288 valence electrons. The van der Waals surface area contributed by atoms with Gasteiger partial charge in [-0.25, -0.2) is 15.0 Å². The molecule has 0 fully saturated rings. The molecule has 3 aromatic heterocycles. The Hall–Kier alpha value is -8.41. The number of fused-ring (bicyclic) bond motifs is 9. The van der Waals surface area contributed by atoms with Crippen molar-refractivity contribution in [2.45, 2.75) is 0 Å². The Bertz CT molecular complexity index is 3860. The van der Waals surface area contributed by atoms with Crippen molar-refractivity contribution in [1.82, 2.24) is 24.1 Å².